The third-order valence-corrected chi connectivity index (χ3v) is 4.61. The van der Waals surface area contributed by atoms with Crippen LogP contribution in [-0.2, 0) is 14.6 Å². The van der Waals surface area contributed by atoms with Crippen LogP contribution in [0.5, 0.6) is 0 Å². The first-order chi connectivity index (χ1) is 10.8. The lowest BCUT2D eigenvalue weighted by Crippen LogP contribution is -2.54. The molecule has 0 aromatic rings. The summed E-state index contributed by atoms with van der Waals surface area (Å²) in [4.78, 5) is 15.9. The molecule has 0 unspecified atom stereocenters. The fraction of sp³-hybridized carbons (Fsp3) is 0.867. The van der Waals surface area contributed by atoms with Crippen LogP contribution in [0.2, 0.25) is 0 Å². The highest BCUT2D eigenvalue weighted by molar-refractivity contribution is 7.91. The second-order valence-electron chi connectivity index (χ2n) is 7.10. The van der Waals surface area contributed by atoms with Crippen molar-refractivity contribution in [1.29, 1.82) is 0 Å². The predicted molar refractivity (Wildman–Crippen MR) is 97.1 cm³/mol. The fourth-order valence-electron chi connectivity index (χ4n) is 1.62. The Labute approximate surface area is 145 Å². The van der Waals surface area contributed by atoms with E-state index in [2.05, 4.69) is 20.9 Å². The van der Waals surface area contributed by atoms with Gasteiger partial charge >= 0.3 is 6.09 Å². The second-order valence-corrected chi connectivity index (χ2v) is 9.57. The first-order valence-electron chi connectivity index (χ1n) is 7.96. The normalized spacial score (nSPS) is 13.4. The minimum absolute atomic E-state index is 0.0454. The summed E-state index contributed by atoms with van der Waals surface area (Å²) in [6.07, 6.45) is -0.494. The summed E-state index contributed by atoms with van der Waals surface area (Å²) in [6, 6.07) is 0. The Morgan fingerprint density at radius 1 is 1.12 bits per heavy atom. The number of rotatable bonds is 7. The summed E-state index contributed by atoms with van der Waals surface area (Å²) < 4.78 is 28.2. The van der Waals surface area contributed by atoms with Crippen LogP contribution in [0, 0.1) is 0 Å². The number of hydrogen-bond acceptors (Lipinski definition) is 5. The van der Waals surface area contributed by atoms with Gasteiger partial charge in [-0.2, -0.15) is 0 Å². The van der Waals surface area contributed by atoms with Gasteiger partial charge in [0.15, 0.2) is 15.8 Å². The zero-order chi connectivity index (χ0) is 19.0. The number of nitrogens with one attached hydrogen (secondary N) is 3. The van der Waals surface area contributed by atoms with Crippen LogP contribution in [0.3, 0.4) is 0 Å². The largest absolute Gasteiger partial charge is 0.444 e. The maximum atomic E-state index is 11.8. The van der Waals surface area contributed by atoms with Gasteiger partial charge in [-0.05, 0) is 34.6 Å². The number of nitrogens with zero attached hydrogens (tertiary/aromatic N) is 1. The SMILES string of the molecule is CCS(=O)(=O)CCNC(=NC)NCC(C)(C)NC(=O)OC(C)(C)C. The second kappa shape index (κ2) is 9.10. The summed E-state index contributed by atoms with van der Waals surface area (Å²) >= 11 is 0. The molecule has 0 aromatic carbocycles. The van der Waals surface area contributed by atoms with Gasteiger partial charge in [0.1, 0.15) is 5.60 Å². The number of amides is 1. The van der Waals surface area contributed by atoms with Gasteiger partial charge in [-0.3, -0.25) is 4.99 Å². The third kappa shape index (κ3) is 11.1. The molecule has 0 heterocycles. The van der Waals surface area contributed by atoms with Crippen molar-refractivity contribution in [3.63, 3.8) is 0 Å². The van der Waals surface area contributed by atoms with Crippen LogP contribution in [-0.4, -0.2) is 63.3 Å². The first kappa shape index (κ1) is 22.5. The Hall–Kier alpha value is -1.51. The average molecular weight is 365 g/mol. The standard InChI is InChI=1S/C15H32N4O4S/c1-8-24(21,22)10-9-17-12(16-7)18-11-15(5,6)19-13(20)23-14(2,3)4/h8-11H2,1-7H3,(H,19,20)(H2,16,17,18). The maximum absolute atomic E-state index is 11.8. The van der Waals surface area contributed by atoms with E-state index in [0.29, 0.717) is 12.5 Å². The topological polar surface area (TPSA) is 109 Å². The molecular weight excluding hydrogens is 332 g/mol. The number of carbonyl (C=O) groups is 1. The van der Waals surface area contributed by atoms with Crippen LogP contribution in [0.4, 0.5) is 4.79 Å². The van der Waals surface area contributed by atoms with E-state index in [1.54, 1.807) is 34.7 Å². The van der Waals surface area contributed by atoms with Gasteiger partial charge in [-0.1, -0.05) is 6.92 Å². The molecule has 0 aliphatic carbocycles. The molecule has 0 fully saturated rings. The van der Waals surface area contributed by atoms with Gasteiger partial charge in [0.25, 0.3) is 0 Å². The van der Waals surface area contributed by atoms with Crippen molar-refractivity contribution in [3.8, 4) is 0 Å². The number of carbonyl (C=O) groups excluding carboxylic acids is 1. The van der Waals surface area contributed by atoms with E-state index in [9.17, 15) is 13.2 Å². The minimum atomic E-state index is -3.02. The summed E-state index contributed by atoms with van der Waals surface area (Å²) in [5.74, 6) is 0.637. The highest BCUT2D eigenvalue weighted by Gasteiger charge is 2.24. The van der Waals surface area contributed by atoms with Crippen molar-refractivity contribution in [2.75, 3.05) is 31.6 Å². The van der Waals surface area contributed by atoms with E-state index in [0.717, 1.165) is 0 Å². The Bertz CT molecular complexity index is 536. The Morgan fingerprint density at radius 3 is 2.17 bits per heavy atom. The molecular formula is C15H32N4O4S. The molecule has 0 saturated carbocycles. The molecule has 0 aliphatic heterocycles. The van der Waals surface area contributed by atoms with Gasteiger partial charge in [-0.25, -0.2) is 13.2 Å². The lowest BCUT2D eigenvalue weighted by Gasteiger charge is -2.29. The molecule has 0 spiro atoms. The lowest BCUT2D eigenvalue weighted by molar-refractivity contribution is 0.0474. The number of ether oxygens (including phenoxy) is 1. The van der Waals surface area contributed by atoms with Crippen LogP contribution in [0.25, 0.3) is 0 Å². The molecule has 0 bridgehead atoms. The lowest BCUT2D eigenvalue weighted by atomic mass is 10.1. The summed E-state index contributed by atoms with van der Waals surface area (Å²) in [6.45, 7) is 11.4. The molecule has 0 radical (unpaired) electrons. The Balaban J connectivity index is 4.38. The van der Waals surface area contributed by atoms with Crippen molar-refractivity contribution in [1.82, 2.24) is 16.0 Å². The van der Waals surface area contributed by atoms with E-state index < -0.39 is 27.1 Å². The van der Waals surface area contributed by atoms with Gasteiger partial charge in [0.05, 0.1) is 11.3 Å². The van der Waals surface area contributed by atoms with Crippen molar-refractivity contribution >= 4 is 21.9 Å². The van der Waals surface area contributed by atoms with Crippen LogP contribution >= 0.6 is 0 Å². The quantitative estimate of drug-likeness (QED) is 0.457. The fourth-order valence-corrected chi connectivity index (χ4v) is 2.32. The molecule has 24 heavy (non-hydrogen) atoms. The monoisotopic (exact) mass is 364 g/mol. The van der Waals surface area contributed by atoms with Crippen LogP contribution < -0.4 is 16.0 Å². The van der Waals surface area contributed by atoms with E-state index >= 15 is 0 Å². The van der Waals surface area contributed by atoms with Crippen molar-refractivity contribution in [2.24, 2.45) is 4.99 Å². The van der Waals surface area contributed by atoms with E-state index in [1.165, 1.54) is 0 Å². The average Bonchev–Trinajstić information content (AvgIpc) is 2.39. The number of guanidine groups is 1. The molecule has 1 amide bonds. The highest BCUT2D eigenvalue weighted by Crippen LogP contribution is 2.09. The van der Waals surface area contributed by atoms with Gasteiger partial charge in [-0.15, -0.1) is 0 Å². The van der Waals surface area contributed by atoms with E-state index in [4.69, 9.17) is 4.74 Å². The summed E-state index contributed by atoms with van der Waals surface area (Å²) in [5, 5.41) is 8.78. The molecule has 3 N–H and O–H groups in total. The molecule has 0 aliphatic rings. The van der Waals surface area contributed by atoms with Crippen molar-refractivity contribution in [3.05, 3.63) is 0 Å². The third-order valence-electron chi connectivity index (χ3n) is 2.91. The van der Waals surface area contributed by atoms with E-state index in [-0.39, 0.29) is 18.1 Å². The molecule has 0 aromatic heterocycles. The van der Waals surface area contributed by atoms with E-state index in [1.807, 2.05) is 13.8 Å². The molecule has 0 atom stereocenters. The smallest absolute Gasteiger partial charge is 0.408 e. The predicted octanol–water partition coefficient (Wildman–Crippen LogP) is 0.889. The van der Waals surface area contributed by atoms with Crippen LogP contribution in [0.1, 0.15) is 41.5 Å². The maximum Gasteiger partial charge on any atom is 0.408 e. The number of hydrogen-bond donors (Lipinski definition) is 3. The molecule has 0 saturated heterocycles. The minimum Gasteiger partial charge on any atom is -0.444 e. The summed E-state index contributed by atoms with van der Waals surface area (Å²) in [7, 11) is -1.42. The highest BCUT2D eigenvalue weighted by atomic mass is 32.2. The van der Waals surface area contributed by atoms with Gasteiger partial charge < -0.3 is 20.7 Å². The zero-order valence-electron chi connectivity index (χ0n) is 15.8. The Morgan fingerprint density at radius 2 is 1.71 bits per heavy atom. The molecule has 9 heteroatoms. The summed E-state index contributed by atoms with van der Waals surface area (Å²) in [5.41, 5.74) is -1.13. The molecule has 8 nitrogen and oxygen atoms in total. The number of sulfone groups is 1. The number of alkyl carbamates (subject to hydrolysis) is 1. The van der Waals surface area contributed by atoms with Gasteiger partial charge in [0, 0.05) is 25.9 Å². The Kier molecular flexibility index (Phi) is 8.53. The zero-order valence-corrected chi connectivity index (χ0v) is 16.6. The van der Waals surface area contributed by atoms with Crippen molar-refractivity contribution < 1.29 is 17.9 Å². The first-order valence-corrected chi connectivity index (χ1v) is 9.78. The van der Waals surface area contributed by atoms with Crippen LogP contribution in [0.15, 0.2) is 4.99 Å². The number of aliphatic imine (C=N–C) groups is 1. The molecule has 142 valence electrons. The molecule has 0 rings (SSSR count). The van der Waals surface area contributed by atoms with Crippen molar-refractivity contribution in [2.45, 2.75) is 52.7 Å². The van der Waals surface area contributed by atoms with Gasteiger partial charge in [0.2, 0.25) is 0 Å².